The highest BCUT2D eigenvalue weighted by molar-refractivity contribution is 14.1. The Balaban J connectivity index is 1.55. The maximum Gasteiger partial charge on any atom is 0.236 e. The van der Waals surface area contributed by atoms with Crippen LogP contribution in [0.15, 0.2) is 103 Å². The van der Waals surface area contributed by atoms with Crippen molar-refractivity contribution in [3.8, 4) is 10.6 Å². The van der Waals surface area contributed by atoms with Crippen molar-refractivity contribution in [2.45, 2.75) is 5.92 Å². The molecule has 0 aliphatic rings. The van der Waals surface area contributed by atoms with Gasteiger partial charge < -0.3 is 5.32 Å². The van der Waals surface area contributed by atoms with Gasteiger partial charge in [0.15, 0.2) is 0 Å². The normalized spacial score (nSPS) is 11.1. The number of amides is 1. The molecule has 0 spiro atoms. The summed E-state index contributed by atoms with van der Waals surface area (Å²) < 4.78 is 2.22. The minimum Gasteiger partial charge on any atom is -0.325 e. The molecule has 0 aliphatic heterocycles. The first-order chi connectivity index (χ1) is 15.7. The van der Waals surface area contributed by atoms with Crippen LogP contribution in [-0.4, -0.2) is 10.9 Å². The van der Waals surface area contributed by atoms with E-state index in [0.29, 0.717) is 0 Å². The van der Waals surface area contributed by atoms with E-state index in [1.807, 2.05) is 91.0 Å². The van der Waals surface area contributed by atoms with Crippen LogP contribution >= 0.6 is 33.9 Å². The van der Waals surface area contributed by atoms with E-state index in [0.717, 1.165) is 41.2 Å². The highest BCUT2D eigenvalue weighted by atomic mass is 127. The largest absolute Gasteiger partial charge is 0.325 e. The quantitative estimate of drug-likeness (QED) is 0.235. The molecule has 1 aromatic heterocycles. The first-order valence-corrected chi connectivity index (χ1v) is 12.1. The van der Waals surface area contributed by atoms with Crippen LogP contribution in [0.3, 0.4) is 0 Å². The molecule has 1 amide bonds. The van der Waals surface area contributed by atoms with E-state index in [-0.39, 0.29) is 5.91 Å². The Bertz CT molecular complexity index is 1310. The molecule has 5 heteroatoms. The van der Waals surface area contributed by atoms with Gasteiger partial charge >= 0.3 is 0 Å². The number of benzene rings is 4. The zero-order chi connectivity index (χ0) is 21.9. The molecule has 0 saturated heterocycles. The Kier molecular flexibility index (Phi) is 6.01. The molecule has 4 aromatic carbocycles. The Morgan fingerprint density at radius 2 is 1.44 bits per heavy atom. The number of rotatable bonds is 5. The Morgan fingerprint density at radius 3 is 2.09 bits per heavy atom. The molecule has 3 nitrogen and oxygen atoms in total. The van der Waals surface area contributed by atoms with Gasteiger partial charge in [-0.2, -0.15) is 0 Å². The lowest BCUT2D eigenvalue weighted by atomic mass is 9.90. The Morgan fingerprint density at radius 1 is 0.812 bits per heavy atom. The first-order valence-electron chi connectivity index (χ1n) is 10.3. The molecule has 5 aromatic rings. The molecule has 1 N–H and O–H groups in total. The first kappa shape index (κ1) is 20.8. The standard InChI is InChI=1S/C27H19IN2OS/c28-20-15-16-22(21(17-20)27-30-23-13-7-8-14-24(23)32-27)29-26(31)25(18-9-3-1-4-10-18)19-11-5-2-6-12-19/h1-17,25H,(H,29,31). The topological polar surface area (TPSA) is 42.0 Å². The number of nitrogens with zero attached hydrogens (tertiary/aromatic N) is 1. The van der Waals surface area contributed by atoms with Gasteiger partial charge in [0.25, 0.3) is 0 Å². The molecule has 0 radical (unpaired) electrons. The molecule has 156 valence electrons. The summed E-state index contributed by atoms with van der Waals surface area (Å²) in [7, 11) is 0. The van der Waals surface area contributed by atoms with Crippen molar-refractivity contribution < 1.29 is 4.79 Å². The third kappa shape index (κ3) is 4.31. The van der Waals surface area contributed by atoms with Gasteiger partial charge in [0.1, 0.15) is 5.01 Å². The van der Waals surface area contributed by atoms with E-state index in [1.54, 1.807) is 11.3 Å². The lowest BCUT2D eigenvalue weighted by Gasteiger charge is -2.19. The van der Waals surface area contributed by atoms with Crippen molar-refractivity contribution in [3.05, 3.63) is 118 Å². The Hall–Kier alpha value is -3.03. The van der Waals surface area contributed by atoms with Crippen LogP contribution < -0.4 is 5.32 Å². The second-order valence-electron chi connectivity index (χ2n) is 7.42. The summed E-state index contributed by atoms with van der Waals surface area (Å²) in [6, 6.07) is 34.0. The zero-order valence-electron chi connectivity index (χ0n) is 17.0. The lowest BCUT2D eigenvalue weighted by molar-refractivity contribution is -0.116. The second kappa shape index (κ2) is 9.22. The van der Waals surface area contributed by atoms with Gasteiger partial charge in [-0.1, -0.05) is 72.8 Å². The minimum atomic E-state index is -0.403. The van der Waals surface area contributed by atoms with Crippen molar-refractivity contribution in [1.82, 2.24) is 4.98 Å². The summed E-state index contributed by atoms with van der Waals surface area (Å²) in [5, 5.41) is 4.10. The molecule has 0 atom stereocenters. The van der Waals surface area contributed by atoms with E-state index in [1.165, 1.54) is 0 Å². The number of thiazole rings is 1. The molecule has 1 heterocycles. The van der Waals surface area contributed by atoms with Crippen molar-refractivity contribution in [3.63, 3.8) is 0 Å². The van der Waals surface area contributed by atoms with Gasteiger partial charge in [-0.25, -0.2) is 4.98 Å². The summed E-state index contributed by atoms with van der Waals surface area (Å²) >= 11 is 3.93. The summed E-state index contributed by atoms with van der Waals surface area (Å²) in [4.78, 5) is 18.4. The minimum absolute atomic E-state index is 0.0639. The number of carbonyl (C=O) groups is 1. The summed E-state index contributed by atoms with van der Waals surface area (Å²) in [6.45, 7) is 0. The molecule has 0 unspecified atom stereocenters. The van der Waals surface area contributed by atoms with Crippen LogP contribution in [0.4, 0.5) is 5.69 Å². The van der Waals surface area contributed by atoms with Crippen molar-refractivity contribution in [2.75, 3.05) is 5.32 Å². The summed E-state index contributed by atoms with van der Waals surface area (Å²) in [5.41, 5.74) is 4.60. The van der Waals surface area contributed by atoms with Gasteiger partial charge in [0.05, 0.1) is 21.8 Å². The maximum absolute atomic E-state index is 13.6. The molecule has 0 bridgehead atoms. The van der Waals surface area contributed by atoms with Crippen molar-refractivity contribution in [2.24, 2.45) is 0 Å². The molecule has 0 fully saturated rings. The molecule has 32 heavy (non-hydrogen) atoms. The average Bonchev–Trinajstić information content (AvgIpc) is 3.26. The predicted octanol–water partition coefficient (Wildman–Crippen LogP) is 7.34. The van der Waals surface area contributed by atoms with Gasteiger partial charge in [-0.05, 0) is 64.0 Å². The number of hydrogen-bond donors (Lipinski definition) is 1. The fraction of sp³-hybridized carbons (Fsp3) is 0.0370. The number of aromatic nitrogens is 1. The number of fused-ring (bicyclic) bond motifs is 1. The molecular formula is C27H19IN2OS. The van der Waals surface area contributed by atoms with Gasteiger partial charge in [-0.15, -0.1) is 11.3 Å². The van der Waals surface area contributed by atoms with Crippen molar-refractivity contribution >= 4 is 55.7 Å². The highest BCUT2D eigenvalue weighted by Gasteiger charge is 2.24. The lowest BCUT2D eigenvalue weighted by Crippen LogP contribution is -2.22. The third-order valence-electron chi connectivity index (χ3n) is 5.29. The number of halogens is 1. The zero-order valence-corrected chi connectivity index (χ0v) is 20.0. The fourth-order valence-electron chi connectivity index (χ4n) is 3.78. The van der Waals surface area contributed by atoms with E-state index in [9.17, 15) is 4.79 Å². The molecule has 0 saturated carbocycles. The molecule has 5 rings (SSSR count). The third-order valence-corrected chi connectivity index (χ3v) is 7.03. The van der Waals surface area contributed by atoms with Crippen LogP contribution in [0, 0.1) is 3.57 Å². The summed E-state index contributed by atoms with van der Waals surface area (Å²) in [6.07, 6.45) is 0. The SMILES string of the molecule is O=C(Nc1ccc(I)cc1-c1nc2ccccc2s1)C(c1ccccc1)c1ccccc1. The predicted molar refractivity (Wildman–Crippen MR) is 141 cm³/mol. The average molecular weight is 546 g/mol. The van der Waals surface area contributed by atoms with E-state index < -0.39 is 5.92 Å². The number of nitrogens with one attached hydrogen (secondary N) is 1. The van der Waals surface area contributed by atoms with E-state index in [4.69, 9.17) is 4.98 Å². The second-order valence-corrected chi connectivity index (χ2v) is 9.70. The Labute approximate surface area is 204 Å². The van der Waals surface area contributed by atoms with Crippen LogP contribution in [0.5, 0.6) is 0 Å². The molecular weight excluding hydrogens is 527 g/mol. The number of anilines is 1. The van der Waals surface area contributed by atoms with E-state index in [2.05, 4.69) is 40.0 Å². The van der Waals surface area contributed by atoms with Gasteiger partial charge in [0, 0.05) is 9.13 Å². The summed E-state index contributed by atoms with van der Waals surface area (Å²) in [5.74, 6) is -0.467. The number of carbonyl (C=O) groups excluding carboxylic acids is 1. The number of hydrogen-bond acceptors (Lipinski definition) is 3. The van der Waals surface area contributed by atoms with Crippen LogP contribution in [0.25, 0.3) is 20.8 Å². The maximum atomic E-state index is 13.6. The van der Waals surface area contributed by atoms with Crippen LogP contribution in [0.1, 0.15) is 17.0 Å². The fourth-order valence-corrected chi connectivity index (χ4v) is 5.27. The highest BCUT2D eigenvalue weighted by Crippen LogP contribution is 2.36. The van der Waals surface area contributed by atoms with E-state index >= 15 is 0 Å². The van der Waals surface area contributed by atoms with Crippen molar-refractivity contribution in [1.29, 1.82) is 0 Å². The molecule has 0 aliphatic carbocycles. The monoisotopic (exact) mass is 546 g/mol. The van der Waals surface area contributed by atoms with Gasteiger partial charge in [-0.3, -0.25) is 4.79 Å². The van der Waals surface area contributed by atoms with Crippen LogP contribution in [-0.2, 0) is 4.79 Å². The van der Waals surface area contributed by atoms with Gasteiger partial charge in [0.2, 0.25) is 5.91 Å². The smallest absolute Gasteiger partial charge is 0.236 e. The number of para-hydroxylation sites is 1. The van der Waals surface area contributed by atoms with Crippen LogP contribution in [0.2, 0.25) is 0 Å².